The minimum atomic E-state index is -1.45. The van der Waals surface area contributed by atoms with Crippen molar-refractivity contribution in [3.05, 3.63) is 46.1 Å². The van der Waals surface area contributed by atoms with E-state index in [2.05, 4.69) is 0 Å². The molecule has 2 unspecified atom stereocenters. The Labute approximate surface area is 157 Å². The summed E-state index contributed by atoms with van der Waals surface area (Å²) in [4.78, 5) is 24.5. The van der Waals surface area contributed by atoms with Crippen LogP contribution in [0.1, 0.15) is 10.4 Å². The van der Waals surface area contributed by atoms with Crippen molar-refractivity contribution in [3.8, 4) is 0 Å². The summed E-state index contributed by atoms with van der Waals surface area (Å²) in [7, 11) is -2.83. The number of fused-ring (bicyclic) bond motifs is 2. The molecule has 0 aliphatic carbocycles. The molecule has 25 heavy (non-hydrogen) atoms. The molecule has 127 valence electrons. The summed E-state index contributed by atoms with van der Waals surface area (Å²) < 4.78 is 29.5. The summed E-state index contributed by atoms with van der Waals surface area (Å²) in [6.07, 6.45) is 2.89. The highest BCUT2D eigenvalue weighted by atomic mass is 32.2. The number of hydrogen-bond donors (Lipinski definition) is 1. The van der Waals surface area contributed by atoms with Crippen molar-refractivity contribution < 1.29 is 22.7 Å². The smallest absolute Gasteiger partial charge is 0.335 e. The summed E-state index contributed by atoms with van der Waals surface area (Å²) in [6.45, 7) is 0. The molecule has 2 atom stereocenters. The summed E-state index contributed by atoms with van der Waals surface area (Å²) in [5.41, 5.74) is -0.128. The van der Waals surface area contributed by atoms with Crippen LogP contribution in [0.3, 0.4) is 0 Å². The van der Waals surface area contributed by atoms with Crippen LogP contribution >= 0.6 is 0 Å². The summed E-state index contributed by atoms with van der Waals surface area (Å²) in [5, 5.41) is 9.30. The first-order chi connectivity index (χ1) is 11.3. The van der Waals surface area contributed by atoms with Crippen LogP contribution in [-0.2, 0) is 21.6 Å². The van der Waals surface area contributed by atoms with Crippen molar-refractivity contribution >= 4 is 66.9 Å². The van der Waals surface area contributed by atoms with Gasteiger partial charge in [-0.1, -0.05) is 0 Å². The highest BCUT2D eigenvalue weighted by Gasteiger charge is 2.17. The van der Waals surface area contributed by atoms with Crippen LogP contribution in [0.25, 0.3) is 21.9 Å². The Morgan fingerprint density at radius 1 is 1.04 bits per heavy atom. The average Bonchev–Trinajstić information content (AvgIpc) is 2.53. The molecular formula is C16H12AlO6S2. The van der Waals surface area contributed by atoms with Crippen LogP contribution in [0.2, 0.25) is 0 Å². The number of hydrogen-bond acceptors (Lipinski definition) is 5. The highest BCUT2D eigenvalue weighted by Crippen LogP contribution is 2.27. The number of carboxylic acid groups (broad SMARTS) is 1. The molecule has 0 aliphatic heterocycles. The molecule has 0 aliphatic rings. The Bertz CT molecular complexity index is 1120. The van der Waals surface area contributed by atoms with E-state index in [9.17, 15) is 18.0 Å². The third kappa shape index (κ3) is 3.46. The topological polar surface area (TPSA) is 102 Å². The highest BCUT2D eigenvalue weighted by molar-refractivity contribution is 7.85. The van der Waals surface area contributed by atoms with E-state index in [0.29, 0.717) is 4.90 Å². The zero-order chi connectivity index (χ0) is 17.6. The van der Waals surface area contributed by atoms with Gasteiger partial charge in [0.1, 0.15) is 5.58 Å². The van der Waals surface area contributed by atoms with E-state index in [1.165, 1.54) is 42.8 Å². The van der Waals surface area contributed by atoms with E-state index in [1.54, 1.807) is 0 Å². The Morgan fingerprint density at radius 3 is 2.28 bits per heavy atom. The molecule has 3 rings (SSSR count). The van der Waals surface area contributed by atoms with Crippen molar-refractivity contribution in [3.63, 3.8) is 0 Å². The Kier molecular flexibility index (Phi) is 5.64. The number of rotatable bonds is 3. The van der Waals surface area contributed by atoms with E-state index in [1.807, 2.05) is 0 Å². The number of benzene rings is 2. The van der Waals surface area contributed by atoms with Crippen LogP contribution in [-0.4, -0.2) is 49.4 Å². The van der Waals surface area contributed by atoms with Gasteiger partial charge in [0.25, 0.3) is 0 Å². The first-order valence-corrected chi connectivity index (χ1v) is 9.86. The predicted molar refractivity (Wildman–Crippen MR) is 97.4 cm³/mol. The Balaban J connectivity index is 0.00000225. The monoisotopic (exact) mass is 391 g/mol. The normalized spacial score (nSPS) is 13.4. The van der Waals surface area contributed by atoms with Crippen molar-refractivity contribution in [2.75, 3.05) is 12.5 Å². The lowest BCUT2D eigenvalue weighted by atomic mass is 10.1. The maximum Gasteiger partial charge on any atom is 0.335 e. The largest absolute Gasteiger partial charge is 0.478 e. The van der Waals surface area contributed by atoms with Gasteiger partial charge in [-0.3, -0.25) is 13.2 Å². The Morgan fingerprint density at radius 2 is 1.72 bits per heavy atom. The first-order valence-electron chi connectivity index (χ1n) is 6.74. The summed E-state index contributed by atoms with van der Waals surface area (Å²) in [5.74, 6) is -1.16. The van der Waals surface area contributed by atoms with E-state index >= 15 is 0 Å². The van der Waals surface area contributed by atoms with Gasteiger partial charge in [-0.25, -0.2) is 4.79 Å². The molecule has 6 nitrogen and oxygen atoms in total. The van der Waals surface area contributed by atoms with Crippen LogP contribution in [0.15, 0.2) is 49.3 Å². The third-order valence-electron chi connectivity index (χ3n) is 3.60. The van der Waals surface area contributed by atoms with Gasteiger partial charge >= 0.3 is 5.97 Å². The molecule has 1 aromatic heterocycles. The molecule has 0 saturated heterocycles. The molecule has 0 fully saturated rings. The van der Waals surface area contributed by atoms with Crippen molar-refractivity contribution in [1.29, 1.82) is 0 Å². The summed E-state index contributed by atoms with van der Waals surface area (Å²) in [6, 6.07) is 6.89. The molecule has 9 heteroatoms. The molecule has 3 radical (unpaired) electrons. The molecule has 0 bridgehead atoms. The SMILES string of the molecule is CS(=O)c1cc(S(C)=O)c2oc3ccc(C(=O)O)cc3c(=O)c2c1.[Al]. The van der Waals surface area contributed by atoms with Gasteiger partial charge in [0, 0.05) is 45.6 Å². The molecule has 1 heterocycles. The second-order valence-electron chi connectivity index (χ2n) is 5.15. The van der Waals surface area contributed by atoms with Crippen molar-refractivity contribution in [2.45, 2.75) is 9.79 Å². The van der Waals surface area contributed by atoms with Crippen LogP contribution in [0, 0.1) is 0 Å². The second kappa shape index (κ2) is 7.22. The van der Waals surface area contributed by atoms with Gasteiger partial charge in [-0.15, -0.1) is 0 Å². The lowest BCUT2D eigenvalue weighted by Crippen LogP contribution is -2.07. The molecule has 0 amide bonds. The predicted octanol–water partition coefficient (Wildman–Crippen LogP) is 1.74. The van der Waals surface area contributed by atoms with Gasteiger partial charge in [0.15, 0.2) is 5.58 Å². The molecule has 0 saturated carbocycles. The van der Waals surface area contributed by atoms with E-state index in [0.717, 1.165) is 0 Å². The van der Waals surface area contributed by atoms with Crippen molar-refractivity contribution in [2.24, 2.45) is 0 Å². The number of carboxylic acids is 1. The van der Waals surface area contributed by atoms with E-state index in [-0.39, 0.29) is 49.8 Å². The number of aromatic carboxylic acids is 1. The number of carbonyl (C=O) groups is 1. The van der Waals surface area contributed by atoms with E-state index < -0.39 is 33.0 Å². The van der Waals surface area contributed by atoms with Gasteiger partial charge in [-0.05, 0) is 30.3 Å². The average molecular weight is 391 g/mol. The quantitative estimate of drug-likeness (QED) is 0.539. The minimum Gasteiger partial charge on any atom is -0.478 e. The third-order valence-corrected chi connectivity index (χ3v) is 5.42. The van der Waals surface area contributed by atoms with E-state index in [4.69, 9.17) is 9.52 Å². The Hall–Kier alpha value is -1.79. The first kappa shape index (κ1) is 19.5. The van der Waals surface area contributed by atoms with Crippen LogP contribution in [0.4, 0.5) is 0 Å². The molecule has 0 spiro atoms. The fraction of sp³-hybridized carbons (Fsp3) is 0.125. The lowest BCUT2D eigenvalue weighted by Gasteiger charge is -2.08. The molecular weight excluding hydrogens is 379 g/mol. The fourth-order valence-corrected chi connectivity index (χ4v) is 3.76. The molecule has 3 aromatic rings. The maximum atomic E-state index is 12.8. The van der Waals surface area contributed by atoms with Crippen molar-refractivity contribution in [1.82, 2.24) is 0 Å². The van der Waals surface area contributed by atoms with Gasteiger partial charge in [-0.2, -0.15) is 0 Å². The second-order valence-corrected chi connectivity index (χ2v) is 7.88. The fourth-order valence-electron chi connectivity index (χ4n) is 2.41. The standard InChI is InChI=1S/C16H12O6S2.Al/c1-23(20)9-6-11-14(17)10-5-8(16(18)19)3-4-12(10)22-15(11)13(7-9)24(2)21;/h3-7H,1-2H3,(H,18,19);. The van der Waals surface area contributed by atoms with Gasteiger partial charge < -0.3 is 9.52 Å². The summed E-state index contributed by atoms with van der Waals surface area (Å²) >= 11 is 0. The van der Waals surface area contributed by atoms with Crippen LogP contribution in [0.5, 0.6) is 0 Å². The maximum absolute atomic E-state index is 12.8. The lowest BCUT2D eigenvalue weighted by molar-refractivity contribution is 0.0697. The molecule has 1 N–H and O–H groups in total. The zero-order valence-electron chi connectivity index (χ0n) is 13.3. The van der Waals surface area contributed by atoms with Crippen LogP contribution < -0.4 is 5.43 Å². The van der Waals surface area contributed by atoms with Gasteiger partial charge in [0.05, 0.1) is 32.0 Å². The minimum absolute atomic E-state index is 0. The zero-order valence-corrected chi connectivity index (χ0v) is 16.1. The molecule has 2 aromatic carbocycles. The van der Waals surface area contributed by atoms with Gasteiger partial charge in [0.2, 0.25) is 5.43 Å².